The number of aromatic nitrogens is 2. The summed E-state index contributed by atoms with van der Waals surface area (Å²) >= 11 is 0. The molecule has 1 aliphatic heterocycles. The minimum atomic E-state index is -4.54. The molecule has 0 radical (unpaired) electrons. The van der Waals surface area contributed by atoms with Gasteiger partial charge in [-0.05, 0) is 13.8 Å². The first-order chi connectivity index (χ1) is 11.1. The van der Waals surface area contributed by atoms with E-state index in [9.17, 15) is 18.0 Å². The van der Waals surface area contributed by atoms with E-state index in [1.165, 1.54) is 33.4 Å². The van der Waals surface area contributed by atoms with Gasteiger partial charge in [0.25, 0.3) is 0 Å². The highest BCUT2D eigenvalue weighted by Crippen LogP contribution is 2.31. The molecule has 1 aromatic rings. The van der Waals surface area contributed by atoms with E-state index in [1.54, 1.807) is 0 Å². The van der Waals surface area contributed by atoms with E-state index in [0.29, 0.717) is 5.69 Å². The first-order valence-corrected chi connectivity index (χ1v) is 7.21. The van der Waals surface area contributed by atoms with Crippen LogP contribution in [0.3, 0.4) is 0 Å². The average Bonchev–Trinajstić information content (AvgIpc) is 2.45. The van der Waals surface area contributed by atoms with E-state index in [-0.39, 0.29) is 19.0 Å². The van der Waals surface area contributed by atoms with Crippen LogP contribution >= 0.6 is 0 Å². The van der Waals surface area contributed by atoms with Crippen LogP contribution in [0.1, 0.15) is 19.5 Å². The highest BCUT2D eigenvalue weighted by molar-refractivity contribution is 5.88. The minimum Gasteiger partial charge on any atom is -0.378 e. The number of hydrogen-bond donors (Lipinski definition) is 1. The molecule has 0 spiro atoms. The molecular formula is C14H19F3N4O3. The highest BCUT2D eigenvalue weighted by Gasteiger charge is 2.49. The summed E-state index contributed by atoms with van der Waals surface area (Å²) < 4.78 is 48.9. The maximum atomic E-state index is 13.0. The van der Waals surface area contributed by atoms with Crippen LogP contribution in [0.15, 0.2) is 12.4 Å². The fourth-order valence-electron chi connectivity index (χ4n) is 2.39. The van der Waals surface area contributed by atoms with E-state index in [4.69, 9.17) is 9.47 Å². The van der Waals surface area contributed by atoms with Gasteiger partial charge in [-0.15, -0.1) is 0 Å². The number of ether oxygens (including phenoxy) is 2. The molecule has 0 unspecified atom stereocenters. The summed E-state index contributed by atoms with van der Waals surface area (Å²) in [6.45, 7) is 2.70. The van der Waals surface area contributed by atoms with Crippen LogP contribution in [0, 0.1) is 0 Å². The number of rotatable bonds is 3. The number of methoxy groups -OCH3 is 1. The Morgan fingerprint density at radius 2 is 2.21 bits per heavy atom. The quantitative estimate of drug-likeness (QED) is 0.906. The maximum Gasteiger partial charge on any atom is 0.416 e. The van der Waals surface area contributed by atoms with Crippen LogP contribution in [0.5, 0.6) is 0 Å². The molecule has 1 aromatic heterocycles. The molecule has 1 N–H and O–H groups in total. The summed E-state index contributed by atoms with van der Waals surface area (Å²) in [5.41, 5.74) is -0.568. The van der Waals surface area contributed by atoms with Crippen molar-refractivity contribution in [3.8, 4) is 0 Å². The van der Waals surface area contributed by atoms with Crippen LogP contribution in [-0.2, 0) is 16.1 Å². The fourth-order valence-corrected chi connectivity index (χ4v) is 2.39. The average molecular weight is 348 g/mol. The molecule has 134 valence electrons. The van der Waals surface area contributed by atoms with Crippen molar-refractivity contribution in [2.75, 3.05) is 25.5 Å². The second-order valence-electron chi connectivity index (χ2n) is 6.05. The molecule has 10 heteroatoms. The summed E-state index contributed by atoms with van der Waals surface area (Å²) in [6, 6.07) is 0.816. The lowest BCUT2D eigenvalue weighted by molar-refractivity contribution is -0.267. The number of morpholine rings is 1. The molecule has 1 atom stereocenters. The number of anilines is 1. The van der Waals surface area contributed by atoms with E-state index < -0.39 is 30.5 Å². The Morgan fingerprint density at radius 1 is 1.50 bits per heavy atom. The molecule has 1 saturated heterocycles. The molecule has 1 aliphatic rings. The van der Waals surface area contributed by atoms with E-state index in [0.717, 1.165) is 4.90 Å². The van der Waals surface area contributed by atoms with E-state index >= 15 is 0 Å². The topological polar surface area (TPSA) is 76.6 Å². The normalized spacial score (nSPS) is 20.8. The zero-order valence-corrected chi connectivity index (χ0v) is 13.6. The van der Waals surface area contributed by atoms with Gasteiger partial charge in [-0.2, -0.15) is 13.2 Å². The Hall–Kier alpha value is -1.94. The predicted molar refractivity (Wildman–Crippen MR) is 78.3 cm³/mol. The number of nitrogens with zero attached hydrogens (tertiary/aromatic N) is 3. The number of urea groups is 1. The van der Waals surface area contributed by atoms with Gasteiger partial charge in [-0.3, -0.25) is 5.32 Å². The third-order valence-electron chi connectivity index (χ3n) is 3.32. The van der Waals surface area contributed by atoms with Gasteiger partial charge in [-0.1, -0.05) is 0 Å². The third kappa shape index (κ3) is 4.78. The number of nitrogens with one attached hydrogen (secondary N) is 1. The number of alkyl halides is 3. The van der Waals surface area contributed by atoms with Gasteiger partial charge < -0.3 is 14.4 Å². The standard InChI is InChI=1S/C14H19F3N4O3/c1-13(2)7-21(5-10(24-13)14(15,16)17)12(22)20-11-4-9(6-23-3)18-8-19-11/h4,8,10H,5-7H2,1-3H3,(H,18,19,20,22)/t10-/m0/s1. The van der Waals surface area contributed by atoms with Crippen molar-refractivity contribution in [3.05, 3.63) is 18.1 Å². The van der Waals surface area contributed by atoms with E-state index in [2.05, 4.69) is 15.3 Å². The Balaban J connectivity index is 2.09. The summed E-state index contributed by atoms with van der Waals surface area (Å²) in [4.78, 5) is 21.2. The third-order valence-corrected chi connectivity index (χ3v) is 3.32. The number of hydrogen-bond acceptors (Lipinski definition) is 5. The Labute approximate surface area is 137 Å². The Bertz CT molecular complexity index is 595. The van der Waals surface area contributed by atoms with Crippen molar-refractivity contribution < 1.29 is 27.4 Å². The zero-order chi connectivity index (χ0) is 18.0. The van der Waals surface area contributed by atoms with Crippen LogP contribution in [-0.4, -0.2) is 59.0 Å². The summed E-state index contributed by atoms with van der Waals surface area (Å²) in [7, 11) is 1.49. The van der Waals surface area contributed by atoms with E-state index in [1.807, 2.05) is 0 Å². The molecule has 2 rings (SSSR count). The Kier molecular flexibility index (Phi) is 5.29. The monoisotopic (exact) mass is 348 g/mol. The molecule has 7 nitrogen and oxygen atoms in total. The molecule has 2 amide bonds. The lowest BCUT2D eigenvalue weighted by Gasteiger charge is -2.42. The minimum absolute atomic E-state index is 0.0292. The van der Waals surface area contributed by atoms with Crippen molar-refractivity contribution in [3.63, 3.8) is 0 Å². The smallest absolute Gasteiger partial charge is 0.378 e. The first-order valence-electron chi connectivity index (χ1n) is 7.21. The molecular weight excluding hydrogens is 329 g/mol. The predicted octanol–water partition coefficient (Wildman–Crippen LogP) is 2.20. The number of carbonyl (C=O) groups is 1. The Morgan fingerprint density at radius 3 is 2.83 bits per heavy atom. The van der Waals surface area contributed by atoms with Gasteiger partial charge in [0, 0.05) is 13.2 Å². The van der Waals surface area contributed by atoms with Crippen molar-refractivity contribution in [1.29, 1.82) is 0 Å². The second kappa shape index (κ2) is 6.89. The first kappa shape index (κ1) is 18.4. The van der Waals surface area contributed by atoms with Gasteiger partial charge in [0.2, 0.25) is 0 Å². The van der Waals surface area contributed by atoms with Crippen LogP contribution in [0.4, 0.5) is 23.8 Å². The van der Waals surface area contributed by atoms with Crippen LogP contribution in [0.25, 0.3) is 0 Å². The molecule has 0 bridgehead atoms. The van der Waals surface area contributed by atoms with Crippen molar-refractivity contribution in [2.45, 2.75) is 38.3 Å². The lowest BCUT2D eigenvalue weighted by Crippen LogP contribution is -2.59. The number of halogens is 3. The molecule has 0 aromatic carbocycles. The molecule has 0 saturated carbocycles. The lowest BCUT2D eigenvalue weighted by atomic mass is 10.1. The van der Waals surface area contributed by atoms with Crippen LogP contribution < -0.4 is 5.32 Å². The van der Waals surface area contributed by atoms with Gasteiger partial charge in [0.15, 0.2) is 6.10 Å². The molecule has 0 aliphatic carbocycles. The van der Waals surface area contributed by atoms with Gasteiger partial charge in [0.05, 0.1) is 31.0 Å². The van der Waals surface area contributed by atoms with Gasteiger partial charge in [-0.25, -0.2) is 14.8 Å². The van der Waals surface area contributed by atoms with Crippen molar-refractivity contribution >= 4 is 11.8 Å². The molecule has 1 fully saturated rings. The fraction of sp³-hybridized carbons (Fsp3) is 0.643. The second-order valence-corrected chi connectivity index (χ2v) is 6.05. The largest absolute Gasteiger partial charge is 0.416 e. The number of carbonyl (C=O) groups excluding carboxylic acids is 1. The highest BCUT2D eigenvalue weighted by atomic mass is 19.4. The van der Waals surface area contributed by atoms with Gasteiger partial charge in [0.1, 0.15) is 12.1 Å². The zero-order valence-electron chi connectivity index (χ0n) is 13.6. The van der Waals surface area contributed by atoms with Gasteiger partial charge >= 0.3 is 12.2 Å². The van der Waals surface area contributed by atoms with Crippen LogP contribution in [0.2, 0.25) is 0 Å². The molecule has 24 heavy (non-hydrogen) atoms. The number of amides is 2. The molecule has 2 heterocycles. The van der Waals surface area contributed by atoms with Crippen molar-refractivity contribution in [2.24, 2.45) is 0 Å². The summed E-state index contributed by atoms with van der Waals surface area (Å²) in [5, 5.41) is 2.48. The maximum absolute atomic E-state index is 13.0. The summed E-state index contributed by atoms with van der Waals surface area (Å²) in [5.74, 6) is 0.190. The summed E-state index contributed by atoms with van der Waals surface area (Å²) in [6.07, 6.45) is -5.33. The van der Waals surface area contributed by atoms with Crippen molar-refractivity contribution in [1.82, 2.24) is 14.9 Å². The SMILES string of the molecule is COCc1cc(NC(=O)N2C[C@@H](C(F)(F)F)OC(C)(C)C2)ncn1.